The van der Waals surface area contributed by atoms with E-state index >= 15 is 0 Å². The summed E-state index contributed by atoms with van der Waals surface area (Å²) >= 11 is 0. The summed E-state index contributed by atoms with van der Waals surface area (Å²) < 4.78 is 11.3. The molecule has 0 amide bonds. The first-order chi connectivity index (χ1) is 10.8. The highest BCUT2D eigenvalue weighted by Crippen LogP contribution is 2.35. The van der Waals surface area contributed by atoms with E-state index in [1.807, 2.05) is 24.3 Å². The molecular formula is C18H22N2O2. The van der Waals surface area contributed by atoms with Gasteiger partial charge in [0.15, 0.2) is 11.5 Å². The zero-order chi connectivity index (χ0) is 15.4. The van der Waals surface area contributed by atoms with Gasteiger partial charge in [-0.3, -0.25) is 0 Å². The smallest absolute Gasteiger partial charge is 0.161 e. The summed E-state index contributed by atoms with van der Waals surface area (Å²) in [5.41, 5.74) is 2.42. The van der Waals surface area contributed by atoms with Gasteiger partial charge in [0.1, 0.15) is 12.8 Å². The molecule has 0 aromatic heterocycles. The van der Waals surface area contributed by atoms with Crippen molar-refractivity contribution in [2.45, 2.75) is 19.5 Å². The summed E-state index contributed by atoms with van der Waals surface area (Å²) in [5, 5.41) is 3.54. The number of rotatable bonds is 6. The highest BCUT2D eigenvalue weighted by molar-refractivity contribution is 5.75. The van der Waals surface area contributed by atoms with E-state index in [2.05, 4.69) is 41.4 Å². The van der Waals surface area contributed by atoms with Gasteiger partial charge in [-0.2, -0.15) is 0 Å². The number of nitrogens with one attached hydrogen (secondary N) is 1. The Morgan fingerprint density at radius 3 is 2.55 bits per heavy atom. The third-order valence-corrected chi connectivity index (χ3v) is 3.84. The highest BCUT2D eigenvalue weighted by atomic mass is 16.5. The molecule has 1 aliphatic heterocycles. The van der Waals surface area contributed by atoms with Crippen LogP contribution in [0, 0.1) is 0 Å². The summed E-state index contributed by atoms with van der Waals surface area (Å²) in [6.45, 7) is 3.76. The Hall–Kier alpha value is -2.36. The Labute approximate surface area is 131 Å². The molecule has 0 fully saturated rings. The van der Waals surface area contributed by atoms with Gasteiger partial charge in [-0.25, -0.2) is 0 Å². The standard InChI is InChI=1S/C18H22N2O2/c1-3-12-20-15-9-5-4-8-14(15)19-18(20)13-22-17-11-7-6-10-16(17)21-2/h4-11,18-19H,3,12-13H2,1-2H3. The highest BCUT2D eigenvalue weighted by Gasteiger charge is 2.28. The number of ether oxygens (including phenoxy) is 2. The number of methoxy groups -OCH3 is 1. The molecule has 22 heavy (non-hydrogen) atoms. The van der Waals surface area contributed by atoms with Crippen LogP contribution in [0.2, 0.25) is 0 Å². The average molecular weight is 298 g/mol. The maximum absolute atomic E-state index is 5.99. The van der Waals surface area contributed by atoms with Crippen molar-refractivity contribution in [2.75, 3.05) is 30.5 Å². The van der Waals surface area contributed by atoms with Crippen LogP contribution in [0.5, 0.6) is 11.5 Å². The van der Waals surface area contributed by atoms with Crippen LogP contribution in [0.1, 0.15) is 13.3 Å². The summed E-state index contributed by atoms with van der Waals surface area (Å²) in [4.78, 5) is 2.37. The minimum atomic E-state index is 0.141. The molecule has 0 spiro atoms. The molecule has 0 aliphatic carbocycles. The van der Waals surface area contributed by atoms with Gasteiger partial charge in [-0.15, -0.1) is 0 Å². The second kappa shape index (κ2) is 6.60. The van der Waals surface area contributed by atoms with Crippen LogP contribution in [0.15, 0.2) is 48.5 Å². The zero-order valence-electron chi connectivity index (χ0n) is 13.1. The Kier molecular flexibility index (Phi) is 4.37. The Morgan fingerprint density at radius 1 is 1.05 bits per heavy atom. The normalized spacial score (nSPS) is 16.1. The minimum absolute atomic E-state index is 0.141. The number of hydrogen-bond donors (Lipinski definition) is 1. The zero-order valence-corrected chi connectivity index (χ0v) is 13.1. The van der Waals surface area contributed by atoms with Gasteiger partial charge in [-0.1, -0.05) is 31.2 Å². The molecule has 1 heterocycles. The number of anilines is 2. The second-order valence-corrected chi connectivity index (χ2v) is 5.33. The molecule has 0 saturated heterocycles. The Bertz CT molecular complexity index is 630. The summed E-state index contributed by atoms with van der Waals surface area (Å²) in [6.07, 6.45) is 1.24. The molecule has 0 radical (unpaired) electrons. The average Bonchev–Trinajstić information content (AvgIpc) is 2.91. The van der Waals surface area contributed by atoms with Crippen molar-refractivity contribution >= 4 is 11.4 Å². The molecule has 1 N–H and O–H groups in total. The van der Waals surface area contributed by atoms with Gasteiger partial charge in [-0.05, 0) is 30.7 Å². The van der Waals surface area contributed by atoms with Crippen LogP contribution in [-0.2, 0) is 0 Å². The molecular weight excluding hydrogens is 276 g/mol. The van der Waals surface area contributed by atoms with E-state index in [0.29, 0.717) is 6.61 Å². The lowest BCUT2D eigenvalue weighted by Crippen LogP contribution is -2.40. The van der Waals surface area contributed by atoms with Gasteiger partial charge in [0.25, 0.3) is 0 Å². The van der Waals surface area contributed by atoms with Crippen LogP contribution < -0.4 is 19.7 Å². The summed E-state index contributed by atoms with van der Waals surface area (Å²) in [6, 6.07) is 16.1. The molecule has 116 valence electrons. The van der Waals surface area contributed by atoms with E-state index < -0.39 is 0 Å². The second-order valence-electron chi connectivity index (χ2n) is 5.33. The fraction of sp³-hybridized carbons (Fsp3) is 0.333. The van der Waals surface area contributed by atoms with Crippen LogP contribution in [0.3, 0.4) is 0 Å². The van der Waals surface area contributed by atoms with E-state index in [1.165, 1.54) is 11.4 Å². The van der Waals surface area contributed by atoms with E-state index in [9.17, 15) is 0 Å². The molecule has 0 saturated carbocycles. The van der Waals surface area contributed by atoms with Gasteiger partial charge < -0.3 is 19.7 Å². The predicted octanol–water partition coefficient (Wildman–Crippen LogP) is 3.74. The fourth-order valence-electron chi connectivity index (χ4n) is 2.83. The van der Waals surface area contributed by atoms with E-state index in [1.54, 1.807) is 7.11 Å². The maximum Gasteiger partial charge on any atom is 0.161 e. The molecule has 1 unspecified atom stereocenters. The lowest BCUT2D eigenvalue weighted by atomic mass is 10.2. The predicted molar refractivity (Wildman–Crippen MR) is 90.0 cm³/mol. The van der Waals surface area contributed by atoms with Gasteiger partial charge in [0, 0.05) is 6.54 Å². The van der Waals surface area contributed by atoms with Crippen LogP contribution in [-0.4, -0.2) is 26.4 Å². The molecule has 2 aromatic carbocycles. The van der Waals surface area contributed by atoms with Crippen LogP contribution >= 0.6 is 0 Å². The van der Waals surface area contributed by atoms with Gasteiger partial charge in [0.05, 0.1) is 18.5 Å². The lowest BCUT2D eigenvalue weighted by Gasteiger charge is -2.26. The van der Waals surface area contributed by atoms with Crippen LogP contribution in [0.25, 0.3) is 0 Å². The third kappa shape index (κ3) is 2.82. The first-order valence-electron chi connectivity index (χ1n) is 7.71. The Balaban J connectivity index is 1.72. The number of para-hydroxylation sites is 4. The minimum Gasteiger partial charge on any atom is -0.493 e. The van der Waals surface area contributed by atoms with Crippen molar-refractivity contribution in [2.24, 2.45) is 0 Å². The van der Waals surface area contributed by atoms with Crippen molar-refractivity contribution in [1.82, 2.24) is 0 Å². The van der Waals surface area contributed by atoms with Crippen molar-refractivity contribution in [3.05, 3.63) is 48.5 Å². The molecule has 3 rings (SSSR count). The third-order valence-electron chi connectivity index (χ3n) is 3.84. The first-order valence-corrected chi connectivity index (χ1v) is 7.71. The van der Waals surface area contributed by atoms with E-state index in [4.69, 9.17) is 9.47 Å². The molecule has 2 aromatic rings. The van der Waals surface area contributed by atoms with Crippen molar-refractivity contribution < 1.29 is 9.47 Å². The number of nitrogens with zero attached hydrogens (tertiary/aromatic N) is 1. The maximum atomic E-state index is 5.99. The van der Waals surface area contributed by atoms with Gasteiger partial charge >= 0.3 is 0 Å². The molecule has 1 aliphatic rings. The van der Waals surface area contributed by atoms with Crippen molar-refractivity contribution in [3.63, 3.8) is 0 Å². The largest absolute Gasteiger partial charge is 0.493 e. The van der Waals surface area contributed by atoms with E-state index in [0.717, 1.165) is 24.5 Å². The first kappa shape index (κ1) is 14.6. The molecule has 4 heteroatoms. The van der Waals surface area contributed by atoms with Gasteiger partial charge in [0.2, 0.25) is 0 Å². The molecule has 1 atom stereocenters. The van der Waals surface area contributed by atoms with E-state index in [-0.39, 0.29) is 6.17 Å². The SMILES string of the molecule is CCCN1c2ccccc2NC1COc1ccccc1OC. The number of benzene rings is 2. The topological polar surface area (TPSA) is 33.7 Å². The van der Waals surface area contributed by atoms with Crippen molar-refractivity contribution in [1.29, 1.82) is 0 Å². The molecule has 4 nitrogen and oxygen atoms in total. The lowest BCUT2D eigenvalue weighted by molar-refractivity contribution is 0.277. The molecule has 0 bridgehead atoms. The fourth-order valence-corrected chi connectivity index (χ4v) is 2.83. The number of hydrogen-bond acceptors (Lipinski definition) is 4. The number of fused-ring (bicyclic) bond motifs is 1. The summed E-state index contributed by atoms with van der Waals surface area (Å²) in [5.74, 6) is 1.54. The monoisotopic (exact) mass is 298 g/mol. The van der Waals surface area contributed by atoms with Crippen LogP contribution in [0.4, 0.5) is 11.4 Å². The van der Waals surface area contributed by atoms with Crippen molar-refractivity contribution in [3.8, 4) is 11.5 Å². The summed E-state index contributed by atoms with van der Waals surface area (Å²) in [7, 11) is 1.66. The quantitative estimate of drug-likeness (QED) is 0.881. The Morgan fingerprint density at radius 2 is 1.77 bits per heavy atom.